The van der Waals surface area contributed by atoms with Gasteiger partial charge in [-0.05, 0) is 73.8 Å². The van der Waals surface area contributed by atoms with Crippen molar-refractivity contribution in [1.29, 1.82) is 0 Å². The van der Waals surface area contributed by atoms with Gasteiger partial charge in [-0.3, -0.25) is 0 Å². The van der Waals surface area contributed by atoms with Gasteiger partial charge in [0.2, 0.25) is 0 Å². The third-order valence-corrected chi connectivity index (χ3v) is 9.28. The summed E-state index contributed by atoms with van der Waals surface area (Å²) in [6.07, 6.45) is 0. The molecular weight excluding hydrogens is 542 g/mol. The Morgan fingerprint density at radius 2 is 0.889 bits per heavy atom. The van der Waals surface area contributed by atoms with Crippen LogP contribution in [0.4, 0.5) is 0 Å². The van der Waals surface area contributed by atoms with E-state index in [9.17, 15) is 0 Å². The first-order valence-electron chi connectivity index (χ1n) is 15.6. The van der Waals surface area contributed by atoms with Crippen molar-refractivity contribution in [2.75, 3.05) is 0 Å². The van der Waals surface area contributed by atoms with Crippen molar-refractivity contribution in [2.45, 2.75) is 19.3 Å². The molecule has 45 heavy (non-hydrogen) atoms. The molecule has 7 aromatic rings. The summed E-state index contributed by atoms with van der Waals surface area (Å²) in [6, 6.07) is 58.9. The first-order valence-corrected chi connectivity index (χ1v) is 15.6. The van der Waals surface area contributed by atoms with Crippen molar-refractivity contribution < 1.29 is 0 Å². The van der Waals surface area contributed by atoms with Gasteiger partial charge in [-0.25, -0.2) is 4.98 Å². The van der Waals surface area contributed by atoms with Gasteiger partial charge in [0.15, 0.2) is 0 Å². The monoisotopic (exact) mass is 575 g/mol. The number of hydrogen-bond acceptors (Lipinski definition) is 1. The molecule has 1 aliphatic rings. The summed E-state index contributed by atoms with van der Waals surface area (Å²) in [5.74, 6) is 0. The van der Waals surface area contributed by atoms with Crippen LogP contribution in [0.5, 0.6) is 0 Å². The first-order chi connectivity index (χ1) is 22.1. The zero-order chi connectivity index (χ0) is 30.4. The van der Waals surface area contributed by atoms with Gasteiger partial charge >= 0.3 is 0 Å². The van der Waals surface area contributed by atoms with Crippen LogP contribution < -0.4 is 0 Å². The van der Waals surface area contributed by atoms with E-state index in [0.717, 1.165) is 28.1 Å². The normalized spacial score (nSPS) is 12.8. The zero-order valence-corrected chi connectivity index (χ0v) is 25.5. The van der Waals surface area contributed by atoms with E-state index in [-0.39, 0.29) is 5.41 Å². The summed E-state index contributed by atoms with van der Waals surface area (Å²) in [4.78, 5) is 5.11. The fourth-order valence-electron chi connectivity index (χ4n) is 7.02. The highest BCUT2D eigenvalue weighted by atomic mass is 14.7. The van der Waals surface area contributed by atoms with E-state index in [1.165, 1.54) is 50.1 Å². The van der Waals surface area contributed by atoms with Crippen molar-refractivity contribution in [1.82, 2.24) is 4.98 Å². The standard InChI is InChI=1S/C44H33N/c1-44(2)38-24-13-12-23-37(38)43-39(44)26-25-36(42(43)32-19-10-5-11-20-32)34-22-14-21-33(27-34)35-28-40(30-15-6-3-7-16-30)45-41(29-35)31-17-8-4-9-18-31/h3-29H,1-2H3. The Hall–Kier alpha value is -5.53. The quantitative estimate of drug-likeness (QED) is 0.199. The van der Waals surface area contributed by atoms with Crippen LogP contribution in [-0.2, 0) is 5.41 Å². The molecule has 0 unspecified atom stereocenters. The lowest BCUT2D eigenvalue weighted by Crippen LogP contribution is -2.14. The summed E-state index contributed by atoms with van der Waals surface area (Å²) in [5.41, 5.74) is 16.9. The lowest BCUT2D eigenvalue weighted by molar-refractivity contribution is 0.660. The van der Waals surface area contributed by atoms with Gasteiger partial charge in [0, 0.05) is 16.5 Å². The van der Waals surface area contributed by atoms with Crippen molar-refractivity contribution in [3.63, 3.8) is 0 Å². The van der Waals surface area contributed by atoms with Crippen LogP contribution >= 0.6 is 0 Å². The second-order valence-corrected chi connectivity index (χ2v) is 12.4. The molecule has 0 saturated carbocycles. The van der Waals surface area contributed by atoms with Crippen LogP contribution in [-0.4, -0.2) is 4.98 Å². The number of nitrogens with zero attached hydrogens (tertiary/aromatic N) is 1. The fraction of sp³-hybridized carbons (Fsp3) is 0.0682. The Morgan fingerprint density at radius 1 is 0.356 bits per heavy atom. The molecule has 1 heterocycles. The predicted molar refractivity (Wildman–Crippen MR) is 189 cm³/mol. The highest BCUT2D eigenvalue weighted by Gasteiger charge is 2.37. The highest BCUT2D eigenvalue weighted by molar-refractivity contribution is 6.00. The summed E-state index contributed by atoms with van der Waals surface area (Å²) in [6.45, 7) is 4.70. The number of fused-ring (bicyclic) bond motifs is 3. The Bertz CT molecular complexity index is 2100. The SMILES string of the molecule is CC1(C)c2ccccc2-c2c1ccc(-c1cccc(-c3cc(-c4ccccc4)nc(-c4ccccc4)c3)c1)c2-c1ccccc1. The largest absolute Gasteiger partial charge is 0.248 e. The molecule has 0 aliphatic heterocycles. The van der Waals surface area contributed by atoms with E-state index in [0.29, 0.717) is 0 Å². The Morgan fingerprint density at radius 3 is 1.53 bits per heavy atom. The maximum Gasteiger partial charge on any atom is 0.0715 e. The molecule has 1 nitrogen and oxygen atoms in total. The number of benzene rings is 6. The molecule has 0 bridgehead atoms. The Labute approximate surface area is 265 Å². The van der Waals surface area contributed by atoms with Crippen molar-refractivity contribution in [2.24, 2.45) is 0 Å². The van der Waals surface area contributed by atoms with Crippen LogP contribution in [0.2, 0.25) is 0 Å². The number of pyridine rings is 1. The minimum Gasteiger partial charge on any atom is -0.248 e. The molecular formula is C44H33N. The third-order valence-electron chi connectivity index (χ3n) is 9.28. The first kappa shape index (κ1) is 27.0. The van der Waals surface area contributed by atoms with E-state index >= 15 is 0 Å². The smallest absolute Gasteiger partial charge is 0.0715 e. The van der Waals surface area contributed by atoms with E-state index in [1.54, 1.807) is 0 Å². The van der Waals surface area contributed by atoms with Crippen LogP contribution in [0.15, 0.2) is 164 Å². The van der Waals surface area contributed by atoms with E-state index in [4.69, 9.17) is 4.98 Å². The van der Waals surface area contributed by atoms with Gasteiger partial charge in [-0.1, -0.05) is 159 Å². The Balaban J connectivity index is 1.34. The van der Waals surface area contributed by atoms with E-state index in [2.05, 4.69) is 178 Å². The highest BCUT2D eigenvalue weighted by Crippen LogP contribution is 2.54. The number of aromatic nitrogens is 1. The molecule has 8 rings (SSSR count). The van der Waals surface area contributed by atoms with Gasteiger partial charge < -0.3 is 0 Å². The van der Waals surface area contributed by atoms with E-state index < -0.39 is 0 Å². The molecule has 214 valence electrons. The lowest BCUT2D eigenvalue weighted by atomic mass is 9.80. The topological polar surface area (TPSA) is 12.9 Å². The molecule has 0 N–H and O–H groups in total. The van der Waals surface area contributed by atoms with Crippen molar-refractivity contribution in [3.8, 4) is 67.0 Å². The minimum absolute atomic E-state index is 0.0610. The van der Waals surface area contributed by atoms with Crippen molar-refractivity contribution >= 4 is 0 Å². The molecule has 0 amide bonds. The molecule has 1 heteroatoms. The van der Waals surface area contributed by atoms with Gasteiger partial charge in [-0.2, -0.15) is 0 Å². The summed E-state index contributed by atoms with van der Waals surface area (Å²) in [7, 11) is 0. The third kappa shape index (κ3) is 4.69. The van der Waals surface area contributed by atoms with Gasteiger partial charge in [-0.15, -0.1) is 0 Å². The fourth-order valence-corrected chi connectivity index (χ4v) is 7.02. The Kier molecular flexibility index (Phi) is 6.54. The van der Waals surface area contributed by atoms with Crippen LogP contribution in [0.1, 0.15) is 25.0 Å². The maximum atomic E-state index is 5.11. The second kappa shape index (κ2) is 10.9. The van der Waals surface area contributed by atoms with Crippen LogP contribution in [0.3, 0.4) is 0 Å². The number of rotatable bonds is 5. The average molecular weight is 576 g/mol. The van der Waals surface area contributed by atoms with Gasteiger partial charge in [0.1, 0.15) is 0 Å². The van der Waals surface area contributed by atoms with Gasteiger partial charge in [0.25, 0.3) is 0 Å². The predicted octanol–water partition coefficient (Wildman–Crippen LogP) is 11.7. The van der Waals surface area contributed by atoms with Crippen LogP contribution in [0, 0.1) is 0 Å². The number of hydrogen-bond donors (Lipinski definition) is 0. The second-order valence-electron chi connectivity index (χ2n) is 12.4. The lowest BCUT2D eigenvalue weighted by Gasteiger charge is -2.23. The molecule has 0 spiro atoms. The average Bonchev–Trinajstić information content (AvgIpc) is 3.35. The van der Waals surface area contributed by atoms with Crippen LogP contribution in [0.25, 0.3) is 67.0 Å². The molecule has 1 aliphatic carbocycles. The minimum atomic E-state index is -0.0610. The molecule has 6 aromatic carbocycles. The summed E-state index contributed by atoms with van der Waals surface area (Å²) >= 11 is 0. The molecule has 1 aromatic heterocycles. The summed E-state index contributed by atoms with van der Waals surface area (Å²) in [5, 5.41) is 0. The van der Waals surface area contributed by atoms with Crippen molar-refractivity contribution in [3.05, 3.63) is 175 Å². The summed E-state index contributed by atoms with van der Waals surface area (Å²) < 4.78 is 0. The van der Waals surface area contributed by atoms with Gasteiger partial charge in [0.05, 0.1) is 11.4 Å². The maximum absolute atomic E-state index is 5.11. The zero-order valence-electron chi connectivity index (χ0n) is 25.5. The van der Waals surface area contributed by atoms with E-state index in [1.807, 2.05) is 0 Å². The molecule has 0 radical (unpaired) electrons. The molecule has 0 fully saturated rings. The molecule has 0 saturated heterocycles. The molecule has 0 atom stereocenters.